The van der Waals surface area contributed by atoms with Crippen LogP contribution in [-0.4, -0.2) is 112 Å². The number of nitrogens with zero attached hydrogens (tertiary/aromatic N) is 4. The highest BCUT2D eigenvalue weighted by atomic mass is 16.7. The Hall–Kier alpha value is -6.47. The summed E-state index contributed by atoms with van der Waals surface area (Å²) < 4.78 is 16.3. The summed E-state index contributed by atoms with van der Waals surface area (Å²) in [6.45, 7) is 14.3. The molecule has 0 aromatic heterocycles. The number of anilines is 4. The first-order chi connectivity index (χ1) is 30.1. The van der Waals surface area contributed by atoms with Crippen molar-refractivity contribution in [2.45, 2.75) is 73.0 Å². The Morgan fingerprint density at radius 1 is 0.730 bits per heavy atom. The first-order valence-corrected chi connectivity index (χ1v) is 20.3. The summed E-state index contributed by atoms with van der Waals surface area (Å²) in [5.74, 6) is -0.915. The smallest absolute Gasteiger partial charge is 0.411 e. The maximum atomic E-state index is 13.2. The quantitative estimate of drug-likeness (QED) is 0.0372. The van der Waals surface area contributed by atoms with Crippen molar-refractivity contribution in [3.05, 3.63) is 95.3 Å². The summed E-state index contributed by atoms with van der Waals surface area (Å²) in [4.78, 5) is 101. The van der Waals surface area contributed by atoms with Crippen LogP contribution in [-0.2, 0) is 38.3 Å². The van der Waals surface area contributed by atoms with Crippen LogP contribution < -0.4 is 20.8 Å². The Balaban J connectivity index is 1.71. The van der Waals surface area contributed by atoms with E-state index in [1.54, 1.807) is 90.2 Å². The number of ether oxygens (including phenoxy) is 3. The third-order valence-corrected chi connectivity index (χ3v) is 9.44. The number of benzene rings is 3. The maximum Gasteiger partial charge on any atom is 0.411 e. The molecule has 0 saturated carbocycles. The molecule has 2 unspecified atom stereocenters. The lowest BCUT2D eigenvalue weighted by atomic mass is 10.1. The van der Waals surface area contributed by atoms with Crippen molar-refractivity contribution in [3.8, 4) is 0 Å². The van der Waals surface area contributed by atoms with Gasteiger partial charge in [0.25, 0.3) is 11.8 Å². The number of carbonyl (C=O) groups is 7. The molecule has 18 nitrogen and oxygen atoms in total. The third-order valence-electron chi connectivity index (χ3n) is 9.44. The second-order valence-electron chi connectivity index (χ2n) is 14.7. The third kappa shape index (κ3) is 16.7. The first kappa shape index (κ1) is 50.9. The number of aldehydes is 3. The van der Waals surface area contributed by atoms with E-state index in [4.69, 9.17) is 23.9 Å². The molecule has 18 heteroatoms. The minimum atomic E-state index is -0.752. The molecule has 0 aliphatic rings. The molecule has 4 amide bonds. The van der Waals surface area contributed by atoms with E-state index in [2.05, 4.69) is 22.1 Å². The molecule has 0 radical (unpaired) electrons. The van der Waals surface area contributed by atoms with Crippen molar-refractivity contribution in [3.63, 3.8) is 0 Å². The lowest BCUT2D eigenvalue weighted by Gasteiger charge is -2.31. The molecule has 0 bridgehead atoms. The van der Waals surface area contributed by atoms with Crippen molar-refractivity contribution in [2.24, 2.45) is 0 Å². The van der Waals surface area contributed by atoms with Gasteiger partial charge in [0, 0.05) is 42.0 Å². The molecular formula is C45H58N6O12. The molecule has 63 heavy (non-hydrogen) atoms. The predicted molar refractivity (Wildman–Crippen MR) is 236 cm³/mol. The van der Waals surface area contributed by atoms with Gasteiger partial charge in [0.05, 0.1) is 24.3 Å². The van der Waals surface area contributed by atoms with E-state index >= 15 is 0 Å². The number of aryl methyl sites for hydroxylation is 3. The zero-order valence-electron chi connectivity index (χ0n) is 36.9. The van der Waals surface area contributed by atoms with Crippen LogP contribution in [0.4, 0.5) is 32.3 Å². The molecule has 2 atom stereocenters. The summed E-state index contributed by atoms with van der Waals surface area (Å²) in [5.41, 5.74) is 4.44. The number of carbonyl (C=O) groups excluding carboxylic acids is 7. The standard InChI is InChI=1S/C45H58N6O12/c1-9-42(55)51(41-24-37(27-54)15-12-33(41)5)61-30-48(8)29-49(19-17-34(6)62-44(57)46-39-23-36(26-53)14-11-31(39)3)20-18-35(7)63-45(58)47-40-25-38(16-13-32(40)4)50(60-22-21-52)43(56)28-59-10-2/h10-16,21,23-27,34-35H,2,9,17-20,22,28-30H2,1,3-8H3,(H,46,57)(H,47,58). The summed E-state index contributed by atoms with van der Waals surface area (Å²) in [7, 11) is 1.80. The van der Waals surface area contributed by atoms with Crippen LogP contribution in [0, 0.1) is 20.8 Å². The van der Waals surface area contributed by atoms with E-state index < -0.39 is 43.5 Å². The zero-order valence-corrected chi connectivity index (χ0v) is 36.9. The van der Waals surface area contributed by atoms with Crippen LogP contribution in [0.1, 0.15) is 77.4 Å². The highest BCUT2D eigenvalue weighted by Crippen LogP contribution is 2.26. The number of hydroxylamine groups is 2. The fourth-order valence-corrected chi connectivity index (χ4v) is 5.92. The van der Waals surface area contributed by atoms with Crippen molar-refractivity contribution in [1.82, 2.24) is 9.80 Å². The van der Waals surface area contributed by atoms with Gasteiger partial charge in [-0.3, -0.25) is 49.3 Å². The van der Waals surface area contributed by atoms with E-state index in [9.17, 15) is 33.6 Å². The fraction of sp³-hybridized carbons (Fsp3) is 0.400. The highest BCUT2D eigenvalue weighted by Gasteiger charge is 2.23. The van der Waals surface area contributed by atoms with Gasteiger partial charge in [-0.2, -0.15) is 10.1 Å². The van der Waals surface area contributed by atoms with E-state index in [0.29, 0.717) is 85.2 Å². The summed E-state index contributed by atoms with van der Waals surface area (Å²) >= 11 is 0. The number of rotatable bonds is 26. The van der Waals surface area contributed by atoms with Gasteiger partial charge >= 0.3 is 12.2 Å². The van der Waals surface area contributed by atoms with Gasteiger partial charge in [0.1, 0.15) is 44.4 Å². The maximum absolute atomic E-state index is 13.2. The van der Waals surface area contributed by atoms with E-state index in [1.807, 2.05) is 11.8 Å². The van der Waals surface area contributed by atoms with Crippen LogP contribution >= 0.6 is 0 Å². The number of hydrogen-bond acceptors (Lipinski definition) is 14. The van der Waals surface area contributed by atoms with Gasteiger partial charge in [-0.05, 0) is 95.5 Å². The zero-order chi connectivity index (χ0) is 46.5. The topological polar surface area (TPSA) is 203 Å². The van der Waals surface area contributed by atoms with Crippen LogP contribution in [0.15, 0.2) is 67.4 Å². The Bertz CT molecular complexity index is 2060. The Kier molecular flexibility index (Phi) is 21.1. The normalized spacial score (nSPS) is 11.8. The number of hydrogen-bond donors (Lipinski definition) is 2. The van der Waals surface area contributed by atoms with Gasteiger partial charge in [-0.15, -0.1) is 0 Å². The van der Waals surface area contributed by atoms with Crippen molar-refractivity contribution in [2.75, 3.05) is 67.5 Å². The second kappa shape index (κ2) is 26.1. The van der Waals surface area contributed by atoms with Crippen LogP contribution in [0.2, 0.25) is 0 Å². The van der Waals surface area contributed by atoms with Crippen molar-refractivity contribution < 1.29 is 57.4 Å². The average Bonchev–Trinajstić information content (AvgIpc) is 3.26. The lowest BCUT2D eigenvalue weighted by Crippen LogP contribution is -2.42. The summed E-state index contributed by atoms with van der Waals surface area (Å²) in [6, 6.07) is 14.7. The SMILES string of the molecule is C=COCC(=O)N(OCC=O)c1ccc(C)c(NC(=O)OC(C)CCN(CCC(C)OC(=O)Nc2cc(C=O)ccc2C)CN(C)CON(C(=O)CC)c2cc(C=O)ccc2C)c1. The molecule has 0 aliphatic carbocycles. The molecular weight excluding hydrogens is 817 g/mol. The molecule has 3 aromatic rings. The van der Waals surface area contributed by atoms with Crippen molar-refractivity contribution >= 4 is 65.6 Å². The van der Waals surface area contributed by atoms with Gasteiger partial charge in [-0.1, -0.05) is 43.8 Å². The van der Waals surface area contributed by atoms with Crippen LogP contribution in [0.3, 0.4) is 0 Å². The van der Waals surface area contributed by atoms with E-state index in [0.717, 1.165) is 22.5 Å². The monoisotopic (exact) mass is 874 g/mol. The fourth-order valence-electron chi connectivity index (χ4n) is 5.92. The lowest BCUT2D eigenvalue weighted by molar-refractivity contribution is -0.130. The average molecular weight is 875 g/mol. The Morgan fingerprint density at radius 2 is 1.29 bits per heavy atom. The van der Waals surface area contributed by atoms with Crippen LogP contribution in [0.5, 0.6) is 0 Å². The van der Waals surface area contributed by atoms with Gasteiger partial charge in [0.2, 0.25) is 0 Å². The van der Waals surface area contributed by atoms with Gasteiger partial charge in [-0.25, -0.2) is 9.59 Å². The molecule has 0 aliphatic heterocycles. The van der Waals surface area contributed by atoms with Crippen LogP contribution in [0.25, 0.3) is 0 Å². The molecule has 3 aromatic carbocycles. The van der Waals surface area contributed by atoms with Crippen molar-refractivity contribution in [1.29, 1.82) is 0 Å². The van der Waals surface area contributed by atoms with Gasteiger partial charge in [0.15, 0.2) is 6.61 Å². The highest BCUT2D eigenvalue weighted by molar-refractivity contribution is 5.95. The Morgan fingerprint density at radius 3 is 1.84 bits per heavy atom. The molecule has 3 rings (SSSR count). The molecule has 0 saturated heterocycles. The van der Waals surface area contributed by atoms with E-state index in [1.165, 1.54) is 11.1 Å². The second-order valence-corrected chi connectivity index (χ2v) is 14.7. The van der Waals surface area contributed by atoms with E-state index in [-0.39, 0.29) is 24.7 Å². The Labute approximate surface area is 367 Å². The van der Waals surface area contributed by atoms with Gasteiger partial charge < -0.3 is 19.0 Å². The number of amides is 4. The molecule has 340 valence electrons. The molecule has 0 fully saturated rings. The molecule has 0 spiro atoms. The largest absolute Gasteiger partial charge is 0.492 e. The minimum absolute atomic E-state index is 0.0158. The molecule has 0 heterocycles. The predicted octanol–water partition coefficient (Wildman–Crippen LogP) is 6.74. The number of nitrogens with one attached hydrogen (secondary N) is 2. The molecule has 2 N–H and O–H groups in total. The summed E-state index contributed by atoms with van der Waals surface area (Å²) in [5, 5.41) is 7.50. The minimum Gasteiger partial charge on any atom is -0.492 e. The first-order valence-electron chi connectivity index (χ1n) is 20.3. The summed E-state index contributed by atoms with van der Waals surface area (Å²) in [6.07, 6.45) is 1.38.